The summed E-state index contributed by atoms with van der Waals surface area (Å²) in [5.41, 5.74) is 1.57. The first kappa shape index (κ1) is 18.2. The minimum Gasteiger partial charge on any atom is -0.491 e. The number of nitrogens with zero attached hydrogens (tertiary/aromatic N) is 1. The summed E-state index contributed by atoms with van der Waals surface area (Å²) < 4.78 is 12.2. The van der Waals surface area contributed by atoms with Crippen molar-refractivity contribution in [3.8, 4) is 17.0 Å². The van der Waals surface area contributed by atoms with Gasteiger partial charge in [0.2, 0.25) is 0 Å². The Kier molecular flexibility index (Phi) is 5.27. The largest absolute Gasteiger partial charge is 0.491 e. The first-order valence-corrected chi connectivity index (χ1v) is 10.4. The Bertz CT molecular complexity index is 1010. The van der Waals surface area contributed by atoms with Crippen molar-refractivity contribution in [2.45, 2.75) is 19.1 Å². The molecule has 4 rings (SSSR count). The number of fused-ring (bicyclic) bond motifs is 1. The van der Waals surface area contributed by atoms with Crippen LogP contribution in [0.1, 0.15) is 11.8 Å². The molecule has 5 nitrogen and oxygen atoms in total. The number of aromatic nitrogens is 1. The van der Waals surface area contributed by atoms with Gasteiger partial charge in [0.1, 0.15) is 28.4 Å². The van der Waals surface area contributed by atoms with Crippen LogP contribution in [-0.2, 0) is 6.54 Å². The van der Waals surface area contributed by atoms with Crippen molar-refractivity contribution in [1.82, 2.24) is 10.5 Å². The van der Waals surface area contributed by atoms with Crippen LogP contribution in [0.25, 0.3) is 21.5 Å². The monoisotopic (exact) mass is 400 g/mol. The molecule has 0 radical (unpaired) electrons. The molecule has 0 aliphatic carbocycles. The fourth-order valence-corrected chi connectivity index (χ4v) is 4.24. The maximum absolute atomic E-state index is 10.6. The molecule has 0 unspecified atom stereocenters. The van der Waals surface area contributed by atoms with Crippen LogP contribution >= 0.6 is 22.7 Å². The van der Waals surface area contributed by atoms with E-state index in [4.69, 9.17) is 9.26 Å². The predicted molar refractivity (Wildman–Crippen MR) is 109 cm³/mol. The van der Waals surface area contributed by atoms with E-state index in [9.17, 15) is 5.11 Å². The molecule has 140 valence electrons. The topological polar surface area (TPSA) is 67.5 Å². The summed E-state index contributed by atoms with van der Waals surface area (Å²) in [6.45, 7) is 3.15. The second-order valence-electron chi connectivity index (χ2n) is 6.64. The first-order chi connectivity index (χ1) is 13.1. The number of benzene rings is 1. The highest BCUT2D eigenvalue weighted by Gasteiger charge is 2.21. The van der Waals surface area contributed by atoms with Crippen molar-refractivity contribution < 1.29 is 14.4 Å². The molecule has 4 aromatic rings. The molecule has 2 N–H and O–H groups in total. The molecule has 0 fully saturated rings. The average molecular weight is 401 g/mol. The molecule has 0 aliphatic rings. The fraction of sp³-hybridized carbons (Fsp3) is 0.250. The molecule has 0 saturated carbocycles. The third-order valence-corrected chi connectivity index (χ3v) is 5.90. The maximum atomic E-state index is 10.6. The molecular weight excluding hydrogens is 380 g/mol. The highest BCUT2D eigenvalue weighted by molar-refractivity contribution is 7.17. The standard InChI is InChI=1S/C20H20N2O3S2/c1-20(23,12-21-11-16-6-3-8-26-16)13-24-15-5-2-4-14(10-15)18-19-17(25-22-18)7-9-27-19/h2-10,21,23H,11-13H2,1H3/t20-/m1/s1. The van der Waals surface area contributed by atoms with Gasteiger partial charge in [-0.15, -0.1) is 22.7 Å². The van der Waals surface area contributed by atoms with Gasteiger partial charge >= 0.3 is 0 Å². The highest BCUT2D eigenvalue weighted by atomic mass is 32.1. The Hall–Kier alpha value is -2.19. The second-order valence-corrected chi connectivity index (χ2v) is 8.59. The van der Waals surface area contributed by atoms with Crippen LogP contribution in [0, 0.1) is 0 Å². The van der Waals surface area contributed by atoms with Gasteiger partial charge in [-0.1, -0.05) is 23.4 Å². The smallest absolute Gasteiger partial charge is 0.178 e. The Morgan fingerprint density at radius 2 is 2.11 bits per heavy atom. The van der Waals surface area contributed by atoms with Crippen molar-refractivity contribution >= 4 is 33.0 Å². The summed E-state index contributed by atoms with van der Waals surface area (Å²) in [7, 11) is 0. The molecule has 3 heterocycles. The Morgan fingerprint density at radius 1 is 1.19 bits per heavy atom. The number of aliphatic hydroxyl groups is 1. The van der Waals surface area contributed by atoms with Gasteiger partial charge < -0.3 is 19.7 Å². The van der Waals surface area contributed by atoms with Crippen LogP contribution < -0.4 is 10.1 Å². The number of hydrogen-bond donors (Lipinski definition) is 2. The summed E-state index contributed by atoms with van der Waals surface area (Å²) in [5.74, 6) is 0.693. The van der Waals surface area contributed by atoms with Crippen molar-refractivity contribution in [3.05, 3.63) is 58.1 Å². The lowest BCUT2D eigenvalue weighted by molar-refractivity contribution is 0.0121. The molecule has 0 bridgehead atoms. The summed E-state index contributed by atoms with van der Waals surface area (Å²) in [5, 5.41) is 22.0. The SMILES string of the molecule is C[C@@](O)(CNCc1cccs1)COc1cccc(-c2noc3ccsc23)c1. The van der Waals surface area contributed by atoms with Crippen LogP contribution in [-0.4, -0.2) is 29.0 Å². The lowest BCUT2D eigenvalue weighted by Gasteiger charge is -2.24. The number of hydrogen-bond acceptors (Lipinski definition) is 7. The van der Waals surface area contributed by atoms with E-state index in [1.165, 1.54) is 4.88 Å². The Labute approximate surface area is 165 Å². The van der Waals surface area contributed by atoms with E-state index < -0.39 is 5.60 Å². The molecule has 3 aromatic heterocycles. The van der Waals surface area contributed by atoms with E-state index in [0.717, 1.165) is 28.1 Å². The quantitative estimate of drug-likeness (QED) is 0.455. The van der Waals surface area contributed by atoms with Gasteiger partial charge in [0, 0.05) is 23.5 Å². The average Bonchev–Trinajstić information content (AvgIpc) is 3.38. The van der Waals surface area contributed by atoms with Gasteiger partial charge in [-0.05, 0) is 41.9 Å². The van der Waals surface area contributed by atoms with Crippen LogP contribution in [0.3, 0.4) is 0 Å². The molecule has 0 amide bonds. The van der Waals surface area contributed by atoms with Crippen molar-refractivity contribution in [3.63, 3.8) is 0 Å². The molecule has 27 heavy (non-hydrogen) atoms. The summed E-state index contributed by atoms with van der Waals surface area (Å²) in [4.78, 5) is 1.24. The van der Waals surface area contributed by atoms with E-state index in [1.807, 2.05) is 47.2 Å². The van der Waals surface area contributed by atoms with Crippen LogP contribution in [0.5, 0.6) is 5.75 Å². The molecule has 0 aliphatic heterocycles. The zero-order valence-corrected chi connectivity index (χ0v) is 16.5. The summed E-state index contributed by atoms with van der Waals surface area (Å²) >= 11 is 3.30. The fourth-order valence-electron chi connectivity index (χ4n) is 2.75. The molecule has 1 atom stereocenters. The lowest BCUT2D eigenvalue weighted by Crippen LogP contribution is -2.42. The molecular formula is C20H20N2O3S2. The van der Waals surface area contributed by atoms with Crippen molar-refractivity contribution in [2.24, 2.45) is 0 Å². The normalized spacial score (nSPS) is 13.7. The zero-order chi connectivity index (χ0) is 18.7. The number of thiophene rings is 2. The Balaban J connectivity index is 1.37. The number of rotatable bonds is 8. The van der Waals surface area contributed by atoms with Crippen LogP contribution in [0.15, 0.2) is 57.7 Å². The van der Waals surface area contributed by atoms with Gasteiger partial charge in [0.15, 0.2) is 5.58 Å². The maximum Gasteiger partial charge on any atom is 0.178 e. The molecule has 1 aromatic carbocycles. The predicted octanol–water partition coefficient (Wildman–Crippen LogP) is 4.54. The van der Waals surface area contributed by atoms with Gasteiger partial charge in [-0.3, -0.25) is 0 Å². The number of ether oxygens (including phenoxy) is 1. The van der Waals surface area contributed by atoms with E-state index in [1.54, 1.807) is 29.6 Å². The molecule has 0 spiro atoms. The van der Waals surface area contributed by atoms with E-state index in [2.05, 4.69) is 16.5 Å². The Morgan fingerprint density at radius 3 is 2.96 bits per heavy atom. The second kappa shape index (κ2) is 7.82. The van der Waals surface area contributed by atoms with Crippen molar-refractivity contribution in [2.75, 3.05) is 13.2 Å². The van der Waals surface area contributed by atoms with Gasteiger partial charge in [0.25, 0.3) is 0 Å². The lowest BCUT2D eigenvalue weighted by atomic mass is 10.1. The van der Waals surface area contributed by atoms with E-state index >= 15 is 0 Å². The highest BCUT2D eigenvalue weighted by Crippen LogP contribution is 2.33. The van der Waals surface area contributed by atoms with Crippen molar-refractivity contribution in [1.29, 1.82) is 0 Å². The van der Waals surface area contributed by atoms with Gasteiger partial charge in [-0.25, -0.2) is 0 Å². The third kappa shape index (κ3) is 4.39. The number of nitrogens with one attached hydrogen (secondary N) is 1. The van der Waals surface area contributed by atoms with E-state index in [-0.39, 0.29) is 6.61 Å². The minimum absolute atomic E-state index is 0.196. The van der Waals surface area contributed by atoms with Crippen LogP contribution in [0.2, 0.25) is 0 Å². The van der Waals surface area contributed by atoms with Crippen LogP contribution in [0.4, 0.5) is 0 Å². The van der Waals surface area contributed by atoms with Gasteiger partial charge in [0.05, 0.1) is 0 Å². The van der Waals surface area contributed by atoms with E-state index in [0.29, 0.717) is 12.3 Å². The minimum atomic E-state index is -0.970. The third-order valence-electron chi connectivity index (χ3n) is 4.12. The zero-order valence-electron chi connectivity index (χ0n) is 14.8. The molecule has 0 saturated heterocycles. The van der Waals surface area contributed by atoms with Gasteiger partial charge in [-0.2, -0.15) is 0 Å². The summed E-state index contributed by atoms with van der Waals surface area (Å²) in [6.07, 6.45) is 0. The first-order valence-electron chi connectivity index (χ1n) is 8.62. The summed E-state index contributed by atoms with van der Waals surface area (Å²) in [6, 6.07) is 13.7. The molecule has 7 heteroatoms.